The number of methoxy groups -OCH3 is 2. The molecule has 5 heterocycles. The van der Waals surface area contributed by atoms with Gasteiger partial charge in [-0.3, -0.25) is 14.4 Å². The normalized spacial score (nSPS) is 19.3. The lowest BCUT2D eigenvalue weighted by Crippen LogP contribution is -2.53. The number of nitrogens with zero attached hydrogens (tertiary/aromatic N) is 3. The van der Waals surface area contributed by atoms with Gasteiger partial charge in [0.15, 0.2) is 5.43 Å². The zero-order valence-corrected chi connectivity index (χ0v) is 35.0. The van der Waals surface area contributed by atoms with E-state index < -0.39 is 24.3 Å². The summed E-state index contributed by atoms with van der Waals surface area (Å²) in [6.45, 7) is 5.93. The number of alkyl carbamates (subject to hydrolysis) is 2. The number of H-pyrrole nitrogens is 2. The predicted octanol–water partition coefficient (Wildman–Crippen LogP) is 6.60. The Labute approximate surface area is 353 Å². The first kappa shape index (κ1) is 41.5. The van der Waals surface area contributed by atoms with Gasteiger partial charge in [-0.15, -0.1) is 0 Å². The second-order valence-corrected chi connectivity index (χ2v) is 16.6. The zero-order valence-electron chi connectivity index (χ0n) is 35.0. The highest BCUT2D eigenvalue weighted by atomic mass is 16.5. The fourth-order valence-electron chi connectivity index (χ4n) is 9.22. The van der Waals surface area contributed by atoms with Crippen molar-refractivity contribution in [2.45, 2.75) is 76.5 Å². The van der Waals surface area contributed by atoms with Gasteiger partial charge in [0.05, 0.1) is 43.7 Å². The Morgan fingerprint density at radius 1 is 0.754 bits per heavy atom. The molecule has 15 heteroatoms. The molecule has 8 rings (SSSR count). The smallest absolute Gasteiger partial charge is 0.407 e. The number of aromatic amines is 2. The molecule has 0 spiro atoms. The van der Waals surface area contributed by atoms with E-state index in [1.807, 2.05) is 38.1 Å². The maximum absolute atomic E-state index is 14.1. The third-order valence-electron chi connectivity index (χ3n) is 12.5. The number of rotatable bonds is 10. The molecule has 3 fully saturated rings. The summed E-state index contributed by atoms with van der Waals surface area (Å²) < 4.78 is 15.2. The van der Waals surface area contributed by atoms with Gasteiger partial charge >= 0.3 is 12.2 Å². The number of nitrogens with one attached hydrogen (secondary N) is 4. The molecule has 3 aromatic carbocycles. The van der Waals surface area contributed by atoms with E-state index in [-0.39, 0.29) is 41.2 Å². The molecule has 4 amide bonds. The van der Waals surface area contributed by atoms with Crippen LogP contribution in [0.1, 0.15) is 76.0 Å². The van der Waals surface area contributed by atoms with Crippen LogP contribution in [0.15, 0.2) is 71.7 Å². The Morgan fingerprint density at radius 2 is 1.38 bits per heavy atom. The molecule has 3 aliphatic rings. The fourth-order valence-corrected chi connectivity index (χ4v) is 9.22. The van der Waals surface area contributed by atoms with Crippen LogP contribution in [0.25, 0.3) is 44.1 Å². The van der Waals surface area contributed by atoms with Crippen molar-refractivity contribution in [2.75, 3.05) is 40.5 Å². The van der Waals surface area contributed by atoms with Crippen LogP contribution in [0.5, 0.6) is 0 Å². The van der Waals surface area contributed by atoms with Crippen molar-refractivity contribution in [1.29, 1.82) is 0 Å². The Morgan fingerprint density at radius 3 is 2.08 bits per heavy atom. The predicted molar refractivity (Wildman–Crippen MR) is 230 cm³/mol. The zero-order chi connectivity index (χ0) is 42.8. The van der Waals surface area contributed by atoms with Gasteiger partial charge in [-0.05, 0) is 96.5 Å². The number of imidazole rings is 1. The third kappa shape index (κ3) is 8.56. The highest BCUT2D eigenvalue weighted by Crippen LogP contribution is 2.36. The lowest BCUT2D eigenvalue weighted by atomic mass is 9.90. The number of likely N-dealkylation sites (tertiary alicyclic amines) is 2. The van der Waals surface area contributed by atoms with Crippen LogP contribution >= 0.6 is 0 Å². The van der Waals surface area contributed by atoms with Gasteiger partial charge in [-0.2, -0.15) is 0 Å². The highest BCUT2D eigenvalue weighted by molar-refractivity contribution is 5.92. The van der Waals surface area contributed by atoms with E-state index in [9.17, 15) is 24.0 Å². The third-order valence-corrected chi connectivity index (χ3v) is 12.5. The first-order valence-corrected chi connectivity index (χ1v) is 21.2. The monoisotopic (exact) mass is 831 g/mol. The average molecular weight is 832 g/mol. The Bertz CT molecular complexity index is 2510. The number of carbonyl (C=O) groups is 4. The molecule has 3 aliphatic heterocycles. The van der Waals surface area contributed by atoms with E-state index in [0.29, 0.717) is 68.0 Å². The van der Waals surface area contributed by atoms with E-state index in [1.54, 1.807) is 22.1 Å². The van der Waals surface area contributed by atoms with Gasteiger partial charge in [0, 0.05) is 49.0 Å². The molecular weight excluding hydrogens is 779 g/mol. The summed E-state index contributed by atoms with van der Waals surface area (Å²) in [6, 6.07) is 17.8. The molecule has 0 saturated carbocycles. The molecule has 4 atom stereocenters. The first-order chi connectivity index (χ1) is 29.5. The van der Waals surface area contributed by atoms with Gasteiger partial charge in [0.2, 0.25) is 11.8 Å². The lowest BCUT2D eigenvalue weighted by Gasteiger charge is -2.34. The number of aromatic nitrogens is 3. The van der Waals surface area contributed by atoms with Crippen LogP contribution in [0.4, 0.5) is 9.59 Å². The van der Waals surface area contributed by atoms with Crippen LogP contribution in [-0.4, -0.2) is 101 Å². The fraction of sp³-hybridized carbons (Fsp3) is 0.435. The van der Waals surface area contributed by atoms with Gasteiger partial charge in [-0.1, -0.05) is 44.2 Å². The molecule has 4 N–H and O–H groups in total. The van der Waals surface area contributed by atoms with E-state index in [2.05, 4.69) is 50.9 Å². The molecule has 0 radical (unpaired) electrons. The summed E-state index contributed by atoms with van der Waals surface area (Å²) >= 11 is 0. The van der Waals surface area contributed by atoms with E-state index >= 15 is 0 Å². The van der Waals surface area contributed by atoms with Crippen molar-refractivity contribution in [3.05, 3.63) is 88.6 Å². The number of pyridine rings is 1. The molecule has 15 nitrogen and oxygen atoms in total. The molecule has 0 bridgehead atoms. The van der Waals surface area contributed by atoms with Gasteiger partial charge in [0.25, 0.3) is 0 Å². The van der Waals surface area contributed by atoms with Gasteiger partial charge in [0.1, 0.15) is 17.9 Å². The van der Waals surface area contributed by atoms with Crippen LogP contribution in [0.2, 0.25) is 0 Å². The SMILES string of the molecule is COC(=O)NC(C(=O)N1CCCC1c1cc(=O)c2ccc(-c3ccc4cc(-c5cnc(C6CCCN6C(=O)[C@@H](NC(=O)OC)C(C)C)[nH]5)ccc4c3)cc2[nH]1)C1CCOCC1. The Kier molecular flexibility index (Phi) is 12.1. The summed E-state index contributed by atoms with van der Waals surface area (Å²) in [5.74, 6) is 0.167. The minimum absolute atomic E-state index is 0.0823. The largest absolute Gasteiger partial charge is 0.453 e. The summed E-state index contributed by atoms with van der Waals surface area (Å²) in [5.41, 5.74) is 4.93. The molecular formula is C46H53N7O8. The summed E-state index contributed by atoms with van der Waals surface area (Å²) in [5, 5.41) is 8.12. The van der Waals surface area contributed by atoms with E-state index in [1.165, 1.54) is 14.2 Å². The first-order valence-electron chi connectivity index (χ1n) is 21.2. The van der Waals surface area contributed by atoms with Crippen molar-refractivity contribution in [3.8, 4) is 22.4 Å². The minimum atomic E-state index is -0.751. The summed E-state index contributed by atoms with van der Waals surface area (Å²) in [6.07, 6.45) is 4.87. The summed E-state index contributed by atoms with van der Waals surface area (Å²) in [4.78, 5) is 80.9. The van der Waals surface area contributed by atoms with Crippen molar-refractivity contribution < 1.29 is 33.4 Å². The molecule has 320 valence electrons. The number of fused-ring (bicyclic) bond motifs is 2. The number of benzene rings is 3. The average Bonchev–Trinajstić information content (AvgIpc) is 4.08. The number of amides is 4. The quantitative estimate of drug-likeness (QED) is 0.120. The molecule has 5 aromatic rings. The molecule has 3 unspecified atom stereocenters. The minimum Gasteiger partial charge on any atom is -0.453 e. The topological polar surface area (TPSA) is 188 Å². The van der Waals surface area contributed by atoms with Gasteiger partial charge < -0.3 is 44.6 Å². The van der Waals surface area contributed by atoms with Crippen molar-refractivity contribution in [2.24, 2.45) is 11.8 Å². The maximum atomic E-state index is 14.1. The maximum Gasteiger partial charge on any atom is 0.407 e. The molecule has 3 saturated heterocycles. The second kappa shape index (κ2) is 17.8. The van der Waals surface area contributed by atoms with Crippen LogP contribution < -0.4 is 16.1 Å². The van der Waals surface area contributed by atoms with Gasteiger partial charge in [-0.25, -0.2) is 14.6 Å². The number of hydrogen-bond acceptors (Lipinski definition) is 9. The number of hydrogen-bond donors (Lipinski definition) is 4. The standard InChI is InChI=1S/C46H53N7O8/c1-26(2)40(50-45(57)59-3)43(55)53-18-6-8-38(53)42-47-25-36(49-42)32-12-11-28-21-29(9-10-30(28)22-32)31-13-14-33-34(23-31)48-35(24-39(33)54)37-7-5-17-52(37)44(56)41(51-46(58)60-4)27-15-19-61-20-16-27/h9-14,21-27,37-38,40-41H,5-8,15-20H2,1-4H3,(H,47,49)(H,48,54)(H,50,57)(H,51,58)/t37?,38?,40-,41?/m0/s1. The van der Waals surface area contributed by atoms with Crippen molar-refractivity contribution >= 4 is 45.7 Å². The molecule has 61 heavy (non-hydrogen) atoms. The van der Waals surface area contributed by atoms with Crippen LogP contribution in [0, 0.1) is 11.8 Å². The van der Waals surface area contributed by atoms with Crippen LogP contribution in [-0.2, 0) is 23.8 Å². The Hall–Kier alpha value is -6.22. The highest BCUT2D eigenvalue weighted by Gasteiger charge is 2.40. The van der Waals surface area contributed by atoms with Crippen LogP contribution in [0.3, 0.4) is 0 Å². The molecule has 0 aliphatic carbocycles. The Balaban J connectivity index is 1.01. The summed E-state index contributed by atoms with van der Waals surface area (Å²) in [7, 11) is 2.57. The molecule has 2 aromatic heterocycles. The second-order valence-electron chi connectivity index (χ2n) is 16.6. The van der Waals surface area contributed by atoms with Crippen molar-refractivity contribution in [3.63, 3.8) is 0 Å². The van der Waals surface area contributed by atoms with E-state index in [4.69, 9.17) is 19.2 Å². The number of ether oxygens (including phenoxy) is 3. The van der Waals surface area contributed by atoms with E-state index in [0.717, 1.165) is 52.4 Å². The lowest BCUT2D eigenvalue weighted by molar-refractivity contribution is -0.137. The van der Waals surface area contributed by atoms with Crippen molar-refractivity contribution in [1.82, 2.24) is 35.4 Å². The number of carbonyl (C=O) groups excluding carboxylic acids is 4.